The summed E-state index contributed by atoms with van der Waals surface area (Å²) in [6, 6.07) is 3.16. The Bertz CT molecular complexity index is 963. The number of carbonyl (C=O) groups is 2. The number of nitrogens with one attached hydrogen (secondary N) is 2. The molecule has 1 heterocycles. The van der Waals surface area contributed by atoms with Gasteiger partial charge in [0.1, 0.15) is 11.2 Å². The van der Waals surface area contributed by atoms with Crippen molar-refractivity contribution in [3.8, 4) is 0 Å². The van der Waals surface area contributed by atoms with E-state index in [2.05, 4.69) is 10.6 Å². The average molecular weight is 410 g/mol. The van der Waals surface area contributed by atoms with Crippen LogP contribution in [0.5, 0.6) is 0 Å². The van der Waals surface area contributed by atoms with Gasteiger partial charge in [-0.15, -0.1) is 0 Å². The number of carbonyl (C=O) groups excluding carboxylic acids is 1. The lowest BCUT2D eigenvalue weighted by Gasteiger charge is -2.20. The van der Waals surface area contributed by atoms with Gasteiger partial charge in [0.05, 0.1) is 16.2 Å². The Morgan fingerprint density at radius 3 is 2.50 bits per heavy atom. The molecule has 1 aromatic heterocycles. The minimum atomic E-state index is -1.28. The van der Waals surface area contributed by atoms with E-state index in [0.717, 1.165) is 0 Å². The number of hydrogen-bond acceptors (Lipinski definition) is 5. The number of carboxylic acid groups (broad SMARTS) is 1. The summed E-state index contributed by atoms with van der Waals surface area (Å²) in [6.45, 7) is 8.26. The lowest BCUT2D eigenvalue weighted by atomic mass is 10.1. The monoisotopic (exact) mass is 409 g/mol. The minimum absolute atomic E-state index is 0.258. The molecule has 1 amide bonds. The number of aryl methyl sites for hydroxylation is 1. The predicted octanol–water partition coefficient (Wildman–Crippen LogP) is 3.31. The smallest absolute Gasteiger partial charge is 0.407 e. The van der Waals surface area contributed by atoms with Crippen molar-refractivity contribution in [1.82, 2.24) is 9.88 Å². The van der Waals surface area contributed by atoms with Gasteiger partial charge < -0.3 is 25.0 Å². The zero-order chi connectivity index (χ0) is 21.1. The van der Waals surface area contributed by atoms with Crippen molar-refractivity contribution in [2.75, 3.05) is 18.4 Å². The van der Waals surface area contributed by atoms with Gasteiger partial charge in [0, 0.05) is 31.2 Å². The van der Waals surface area contributed by atoms with Gasteiger partial charge in [0.15, 0.2) is 0 Å². The van der Waals surface area contributed by atoms with Crippen LogP contribution < -0.4 is 16.1 Å². The molecule has 0 saturated heterocycles. The molecule has 0 radical (unpaired) electrons. The normalized spacial score (nSPS) is 11.3. The number of pyridine rings is 1. The minimum Gasteiger partial charge on any atom is -0.477 e. The molecule has 0 aliphatic rings. The lowest BCUT2D eigenvalue weighted by Crippen LogP contribution is -2.35. The summed E-state index contributed by atoms with van der Waals surface area (Å²) in [5.41, 5.74) is -0.421. The largest absolute Gasteiger partial charge is 0.477 e. The van der Waals surface area contributed by atoms with E-state index in [0.29, 0.717) is 29.3 Å². The number of alkyl carbamates (subject to hydrolysis) is 1. The van der Waals surface area contributed by atoms with Gasteiger partial charge in [0.25, 0.3) is 0 Å². The number of amides is 1. The number of rotatable bonds is 6. The van der Waals surface area contributed by atoms with Gasteiger partial charge in [0.2, 0.25) is 5.43 Å². The average Bonchev–Trinajstić information content (AvgIpc) is 2.58. The molecule has 0 bridgehead atoms. The molecule has 28 heavy (non-hydrogen) atoms. The number of ether oxygens (including phenoxy) is 1. The maximum absolute atomic E-state index is 12.5. The highest BCUT2D eigenvalue weighted by molar-refractivity contribution is 6.34. The maximum atomic E-state index is 12.5. The van der Waals surface area contributed by atoms with Crippen molar-refractivity contribution in [3.63, 3.8) is 0 Å². The summed E-state index contributed by atoms with van der Waals surface area (Å²) in [5, 5.41) is 15.6. The molecule has 0 saturated carbocycles. The topological polar surface area (TPSA) is 110 Å². The van der Waals surface area contributed by atoms with Gasteiger partial charge in [-0.2, -0.15) is 0 Å². The first-order valence-corrected chi connectivity index (χ1v) is 9.22. The highest BCUT2D eigenvalue weighted by atomic mass is 35.5. The van der Waals surface area contributed by atoms with E-state index in [9.17, 15) is 19.5 Å². The standard InChI is InChI=1S/C19H24ClN3O5/c1-5-23-10-12(17(25)26)16(24)11-8-14(13(20)9-15(11)23)21-6-7-22-18(27)28-19(2,3)4/h8-10,21H,5-7H2,1-4H3,(H,22,27)(H,25,26). The van der Waals surface area contributed by atoms with Crippen LogP contribution in [0.4, 0.5) is 10.5 Å². The molecule has 3 N–H and O–H groups in total. The Balaban J connectivity index is 2.21. The fourth-order valence-electron chi connectivity index (χ4n) is 2.64. The van der Waals surface area contributed by atoms with E-state index in [-0.39, 0.29) is 17.5 Å². The van der Waals surface area contributed by atoms with Crippen LogP contribution in [0.25, 0.3) is 10.9 Å². The lowest BCUT2D eigenvalue weighted by molar-refractivity contribution is 0.0529. The maximum Gasteiger partial charge on any atom is 0.407 e. The van der Waals surface area contributed by atoms with Crippen molar-refractivity contribution in [2.24, 2.45) is 0 Å². The van der Waals surface area contributed by atoms with Gasteiger partial charge >= 0.3 is 12.1 Å². The molecule has 0 unspecified atom stereocenters. The molecule has 0 spiro atoms. The quantitative estimate of drug-likeness (QED) is 0.631. The van der Waals surface area contributed by atoms with E-state index in [1.165, 1.54) is 12.3 Å². The van der Waals surface area contributed by atoms with Crippen molar-refractivity contribution in [1.29, 1.82) is 0 Å². The number of fused-ring (bicyclic) bond motifs is 1. The van der Waals surface area contributed by atoms with Crippen molar-refractivity contribution >= 4 is 40.3 Å². The number of benzene rings is 1. The second-order valence-corrected chi connectivity index (χ2v) is 7.57. The molecule has 8 nitrogen and oxygen atoms in total. The molecule has 152 valence electrons. The van der Waals surface area contributed by atoms with E-state index in [4.69, 9.17) is 16.3 Å². The molecule has 0 fully saturated rings. The molecule has 0 atom stereocenters. The molecule has 2 rings (SSSR count). The van der Waals surface area contributed by atoms with Crippen LogP contribution in [0.15, 0.2) is 23.1 Å². The van der Waals surface area contributed by atoms with Crippen LogP contribution in [0.1, 0.15) is 38.1 Å². The Hall–Kier alpha value is -2.74. The summed E-state index contributed by atoms with van der Waals surface area (Å²) >= 11 is 6.31. The zero-order valence-corrected chi connectivity index (χ0v) is 17.0. The second-order valence-electron chi connectivity index (χ2n) is 7.17. The van der Waals surface area contributed by atoms with Crippen LogP contribution in [-0.2, 0) is 11.3 Å². The summed E-state index contributed by atoms with van der Waals surface area (Å²) in [7, 11) is 0. The van der Waals surface area contributed by atoms with Crippen LogP contribution in [0.3, 0.4) is 0 Å². The molecule has 0 aliphatic carbocycles. The van der Waals surface area contributed by atoms with Crippen molar-refractivity contribution < 1.29 is 19.4 Å². The predicted molar refractivity (Wildman–Crippen MR) is 109 cm³/mol. The van der Waals surface area contributed by atoms with E-state index < -0.39 is 23.1 Å². The molecule has 2 aromatic rings. The Morgan fingerprint density at radius 1 is 1.25 bits per heavy atom. The van der Waals surface area contributed by atoms with Crippen LogP contribution >= 0.6 is 11.6 Å². The Kier molecular flexibility index (Phi) is 6.56. The third-order valence-corrected chi connectivity index (χ3v) is 4.16. The number of hydrogen-bond donors (Lipinski definition) is 3. The molecule has 9 heteroatoms. The highest BCUT2D eigenvalue weighted by Gasteiger charge is 2.17. The number of aromatic nitrogens is 1. The summed E-state index contributed by atoms with van der Waals surface area (Å²) in [6.07, 6.45) is 0.789. The van der Waals surface area contributed by atoms with Gasteiger partial charge in [-0.05, 0) is 39.8 Å². The fourth-order valence-corrected chi connectivity index (χ4v) is 2.86. The number of aromatic carboxylic acids is 1. The summed E-state index contributed by atoms with van der Waals surface area (Å²) in [5.74, 6) is -1.28. The van der Waals surface area contributed by atoms with Crippen molar-refractivity contribution in [3.05, 3.63) is 39.1 Å². The van der Waals surface area contributed by atoms with Crippen LogP contribution in [0, 0.1) is 0 Å². The number of carboxylic acids is 1. The van der Waals surface area contributed by atoms with Gasteiger partial charge in [-0.25, -0.2) is 9.59 Å². The third kappa shape index (κ3) is 5.16. The van der Waals surface area contributed by atoms with Gasteiger partial charge in [-0.3, -0.25) is 4.79 Å². The third-order valence-electron chi connectivity index (χ3n) is 3.85. The first kappa shape index (κ1) is 21.6. The number of halogens is 1. The summed E-state index contributed by atoms with van der Waals surface area (Å²) in [4.78, 5) is 35.5. The summed E-state index contributed by atoms with van der Waals surface area (Å²) < 4.78 is 6.81. The van der Waals surface area contributed by atoms with E-state index >= 15 is 0 Å². The Labute approximate surface area is 167 Å². The molecule has 1 aromatic carbocycles. The highest BCUT2D eigenvalue weighted by Crippen LogP contribution is 2.27. The SMILES string of the molecule is CCn1cc(C(=O)O)c(=O)c2cc(NCCNC(=O)OC(C)(C)C)c(Cl)cc21. The second kappa shape index (κ2) is 8.52. The first-order valence-electron chi connectivity index (χ1n) is 8.84. The van der Waals surface area contributed by atoms with Crippen LogP contribution in [0.2, 0.25) is 5.02 Å². The fraction of sp³-hybridized carbons (Fsp3) is 0.421. The Morgan fingerprint density at radius 2 is 1.93 bits per heavy atom. The molecular weight excluding hydrogens is 386 g/mol. The van der Waals surface area contributed by atoms with Gasteiger partial charge in [-0.1, -0.05) is 11.6 Å². The molecule has 0 aliphatic heterocycles. The zero-order valence-electron chi connectivity index (χ0n) is 16.3. The van der Waals surface area contributed by atoms with E-state index in [1.807, 2.05) is 6.92 Å². The van der Waals surface area contributed by atoms with E-state index in [1.54, 1.807) is 31.4 Å². The molecular formula is C19H24ClN3O5. The van der Waals surface area contributed by atoms with Crippen LogP contribution in [-0.4, -0.2) is 40.4 Å². The van der Waals surface area contributed by atoms with Crippen molar-refractivity contribution in [2.45, 2.75) is 39.8 Å². The number of nitrogens with zero attached hydrogens (tertiary/aromatic N) is 1. The first-order chi connectivity index (χ1) is 13.0. The number of anilines is 1.